The third-order valence-electron chi connectivity index (χ3n) is 4.36. The highest BCUT2D eigenvalue weighted by atomic mass is 16.5. The number of carbonyl (C=O) groups is 2. The molecule has 1 heterocycles. The zero-order valence-electron chi connectivity index (χ0n) is 14.2. The van der Waals surface area contributed by atoms with E-state index in [4.69, 9.17) is 4.74 Å². The van der Waals surface area contributed by atoms with Gasteiger partial charge in [0.2, 0.25) is 11.8 Å². The first-order chi connectivity index (χ1) is 10.9. The molecule has 0 bridgehead atoms. The number of hydrogen-bond donors (Lipinski definition) is 1. The highest BCUT2D eigenvalue weighted by Crippen LogP contribution is 2.22. The van der Waals surface area contributed by atoms with Gasteiger partial charge in [-0.1, -0.05) is 12.1 Å². The van der Waals surface area contributed by atoms with Gasteiger partial charge >= 0.3 is 0 Å². The number of rotatable bonds is 5. The summed E-state index contributed by atoms with van der Waals surface area (Å²) in [5.41, 5.74) is -0.0653. The van der Waals surface area contributed by atoms with Crippen molar-refractivity contribution in [3.63, 3.8) is 0 Å². The Bertz CT molecular complexity index is 546. The van der Waals surface area contributed by atoms with Crippen LogP contribution in [0.2, 0.25) is 0 Å². The van der Waals surface area contributed by atoms with Gasteiger partial charge in [-0.3, -0.25) is 9.59 Å². The summed E-state index contributed by atoms with van der Waals surface area (Å²) in [5, 5.41) is 2.87. The smallest absolute Gasteiger partial charge is 0.237 e. The topological polar surface area (TPSA) is 58.6 Å². The van der Waals surface area contributed by atoms with Gasteiger partial charge in [0.15, 0.2) is 0 Å². The lowest BCUT2D eigenvalue weighted by Crippen LogP contribution is -2.50. The molecule has 0 aliphatic carbocycles. The van der Waals surface area contributed by atoms with Crippen LogP contribution in [0.3, 0.4) is 0 Å². The van der Waals surface area contributed by atoms with Crippen molar-refractivity contribution in [2.45, 2.75) is 39.7 Å². The minimum absolute atomic E-state index is 0.0792. The fourth-order valence-electron chi connectivity index (χ4n) is 2.74. The second-order valence-electron chi connectivity index (χ2n) is 6.51. The number of methoxy groups -OCH3 is 1. The molecule has 5 heteroatoms. The summed E-state index contributed by atoms with van der Waals surface area (Å²) in [7, 11) is 1.62. The van der Waals surface area contributed by atoms with Crippen molar-refractivity contribution >= 4 is 11.8 Å². The number of amides is 2. The number of carbonyl (C=O) groups excluding carboxylic acids is 2. The predicted molar refractivity (Wildman–Crippen MR) is 89.1 cm³/mol. The number of benzene rings is 1. The van der Waals surface area contributed by atoms with Gasteiger partial charge in [0, 0.05) is 19.6 Å². The molecule has 1 aromatic carbocycles. The molecule has 1 aliphatic rings. The second-order valence-corrected chi connectivity index (χ2v) is 6.51. The van der Waals surface area contributed by atoms with Crippen LogP contribution in [-0.4, -0.2) is 36.9 Å². The zero-order chi connectivity index (χ0) is 16.9. The molecule has 0 spiro atoms. The highest BCUT2D eigenvalue weighted by molar-refractivity contribution is 6.04. The fraction of sp³-hybridized carbons (Fsp3) is 0.556. The van der Waals surface area contributed by atoms with Crippen molar-refractivity contribution < 1.29 is 14.3 Å². The molecule has 0 radical (unpaired) electrons. The predicted octanol–water partition coefficient (Wildman–Crippen LogP) is 2.35. The van der Waals surface area contributed by atoms with Crippen LogP contribution in [0.25, 0.3) is 0 Å². The Morgan fingerprint density at radius 3 is 2.30 bits per heavy atom. The van der Waals surface area contributed by atoms with Crippen molar-refractivity contribution in [3.05, 3.63) is 29.8 Å². The van der Waals surface area contributed by atoms with Crippen molar-refractivity contribution in [1.82, 2.24) is 10.2 Å². The standard InChI is InChI=1S/C18H26N2O3/c1-18(2,17(22)20-11-5-4-6-12-20)16(21)19-13-14-7-9-15(23-3)10-8-14/h7-10H,4-6,11-13H2,1-3H3,(H,19,21). The van der Waals surface area contributed by atoms with E-state index in [9.17, 15) is 9.59 Å². The summed E-state index contributed by atoms with van der Waals surface area (Å²) < 4.78 is 5.11. The zero-order valence-corrected chi connectivity index (χ0v) is 14.2. The Morgan fingerprint density at radius 2 is 1.74 bits per heavy atom. The number of likely N-dealkylation sites (tertiary alicyclic amines) is 1. The van der Waals surface area contributed by atoms with Crippen LogP contribution in [0, 0.1) is 5.41 Å². The summed E-state index contributed by atoms with van der Waals surface area (Å²) in [6.07, 6.45) is 3.21. The van der Waals surface area contributed by atoms with Gasteiger partial charge in [-0.25, -0.2) is 0 Å². The first-order valence-corrected chi connectivity index (χ1v) is 8.16. The molecular formula is C18H26N2O3. The molecule has 1 saturated heterocycles. The molecule has 0 atom stereocenters. The first kappa shape index (κ1) is 17.3. The van der Waals surface area contributed by atoms with E-state index in [1.54, 1.807) is 21.0 Å². The van der Waals surface area contributed by atoms with Gasteiger partial charge < -0.3 is 15.0 Å². The Labute approximate surface area is 138 Å². The Kier molecular flexibility index (Phi) is 5.64. The van der Waals surface area contributed by atoms with Gasteiger partial charge in [-0.15, -0.1) is 0 Å². The van der Waals surface area contributed by atoms with Crippen LogP contribution in [0.15, 0.2) is 24.3 Å². The van der Waals surface area contributed by atoms with Gasteiger partial charge in [-0.2, -0.15) is 0 Å². The van der Waals surface area contributed by atoms with Gasteiger partial charge in [0.1, 0.15) is 11.2 Å². The van der Waals surface area contributed by atoms with Crippen molar-refractivity contribution in [3.8, 4) is 5.75 Å². The molecule has 1 aliphatic heterocycles. The summed E-state index contributed by atoms with van der Waals surface area (Å²) in [4.78, 5) is 26.9. The molecule has 0 unspecified atom stereocenters. The monoisotopic (exact) mass is 318 g/mol. The van der Waals surface area contributed by atoms with Crippen molar-refractivity contribution in [2.24, 2.45) is 5.41 Å². The number of hydrogen-bond acceptors (Lipinski definition) is 3. The van der Waals surface area contributed by atoms with Crippen LogP contribution in [0.5, 0.6) is 5.75 Å². The van der Waals surface area contributed by atoms with Crippen LogP contribution in [0.1, 0.15) is 38.7 Å². The van der Waals surface area contributed by atoms with E-state index in [1.165, 1.54) is 0 Å². The lowest BCUT2D eigenvalue weighted by atomic mass is 9.89. The molecule has 126 valence electrons. The van der Waals surface area contributed by atoms with E-state index in [1.807, 2.05) is 29.2 Å². The summed E-state index contributed by atoms with van der Waals surface area (Å²) in [6, 6.07) is 7.51. The summed E-state index contributed by atoms with van der Waals surface area (Å²) in [5.74, 6) is 0.467. The Balaban J connectivity index is 1.93. The maximum Gasteiger partial charge on any atom is 0.237 e. The Morgan fingerprint density at radius 1 is 1.13 bits per heavy atom. The molecular weight excluding hydrogens is 292 g/mol. The van der Waals surface area contributed by atoms with E-state index < -0.39 is 5.41 Å². The van der Waals surface area contributed by atoms with Crippen LogP contribution in [0.4, 0.5) is 0 Å². The molecule has 1 fully saturated rings. The SMILES string of the molecule is COc1ccc(CNC(=O)C(C)(C)C(=O)N2CCCCC2)cc1. The average Bonchev–Trinajstić information content (AvgIpc) is 2.60. The molecule has 0 aromatic heterocycles. The highest BCUT2D eigenvalue weighted by Gasteiger charge is 2.39. The molecule has 1 N–H and O–H groups in total. The quantitative estimate of drug-likeness (QED) is 0.848. The van der Waals surface area contributed by atoms with E-state index in [2.05, 4.69) is 5.32 Å². The van der Waals surface area contributed by atoms with E-state index >= 15 is 0 Å². The van der Waals surface area contributed by atoms with E-state index in [0.717, 1.165) is 43.7 Å². The third-order valence-corrected chi connectivity index (χ3v) is 4.36. The van der Waals surface area contributed by atoms with Gasteiger partial charge in [0.05, 0.1) is 7.11 Å². The molecule has 2 rings (SSSR count). The number of ether oxygens (including phenoxy) is 1. The van der Waals surface area contributed by atoms with E-state index in [0.29, 0.717) is 6.54 Å². The number of nitrogens with one attached hydrogen (secondary N) is 1. The third kappa shape index (κ3) is 4.24. The Hall–Kier alpha value is -2.04. The maximum absolute atomic E-state index is 12.6. The molecule has 1 aromatic rings. The maximum atomic E-state index is 12.6. The normalized spacial score (nSPS) is 15.2. The lowest BCUT2D eigenvalue weighted by molar-refractivity contribution is -0.149. The summed E-state index contributed by atoms with van der Waals surface area (Å²) >= 11 is 0. The van der Waals surface area contributed by atoms with Crippen LogP contribution in [-0.2, 0) is 16.1 Å². The minimum Gasteiger partial charge on any atom is -0.497 e. The van der Waals surface area contributed by atoms with Crippen molar-refractivity contribution in [1.29, 1.82) is 0 Å². The number of piperidine rings is 1. The molecule has 5 nitrogen and oxygen atoms in total. The molecule has 2 amide bonds. The summed E-state index contributed by atoms with van der Waals surface area (Å²) in [6.45, 7) is 5.32. The average molecular weight is 318 g/mol. The van der Waals surface area contributed by atoms with Gasteiger partial charge in [0.25, 0.3) is 0 Å². The first-order valence-electron chi connectivity index (χ1n) is 8.16. The lowest BCUT2D eigenvalue weighted by Gasteiger charge is -2.33. The molecule has 23 heavy (non-hydrogen) atoms. The fourth-order valence-corrected chi connectivity index (χ4v) is 2.74. The second kappa shape index (κ2) is 7.49. The van der Waals surface area contributed by atoms with Crippen molar-refractivity contribution in [2.75, 3.05) is 20.2 Å². The van der Waals surface area contributed by atoms with Crippen LogP contribution < -0.4 is 10.1 Å². The minimum atomic E-state index is -1.04. The number of nitrogens with zero attached hydrogens (tertiary/aromatic N) is 1. The molecule has 0 saturated carbocycles. The van der Waals surface area contributed by atoms with E-state index in [-0.39, 0.29) is 11.8 Å². The largest absolute Gasteiger partial charge is 0.497 e. The van der Waals surface area contributed by atoms with Crippen LogP contribution >= 0.6 is 0 Å². The van der Waals surface area contributed by atoms with Gasteiger partial charge in [-0.05, 0) is 50.8 Å².